The van der Waals surface area contributed by atoms with Gasteiger partial charge in [-0.3, -0.25) is 4.79 Å². The highest BCUT2D eigenvalue weighted by Gasteiger charge is 2.26. The third-order valence-corrected chi connectivity index (χ3v) is 4.94. The largest absolute Gasteiger partial charge is 0.449 e. The minimum absolute atomic E-state index is 0.103. The van der Waals surface area contributed by atoms with Crippen molar-refractivity contribution in [2.75, 3.05) is 0 Å². The SMILES string of the molecule is Cc1nn(-c2ccccc2)c(Cl)c1C(=O)OC(C)C(=O)NC(C)c1ccc(F)cc1. The third kappa shape index (κ3) is 4.68. The van der Waals surface area contributed by atoms with E-state index in [1.54, 1.807) is 38.1 Å². The Labute approximate surface area is 178 Å². The quantitative estimate of drug-likeness (QED) is 0.589. The van der Waals surface area contributed by atoms with Crippen LogP contribution >= 0.6 is 11.6 Å². The first-order valence-electron chi connectivity index (χ1n) is 9.35. The Morgan fingerprint density at radius 1 is 1.10 bits per heavy atom. The van der Waals surface area contributed by atoms with E-state index < -0.39 is 18.0 Å². The summed E-state index contributed by atoms with van der Waals surface area (Å²) in [6.07, 6.45) is -1.06. The molecule has 0 aliphatic rings. The van der Waals surface area contributed by atoms with Crippen molar-refractivity contribution in [2.24, 2.45) is 0 Å². The van der Waals surface area contributed by atoms with Gasteiger partial charge in [-0.15, -0.1) is 0 Å². The highest BCUT2D eigenvalue weighted by molar-refractivity contribution is 6.33. The first kappa shape index (κ1) is 21.5. The zero-order chi connectivity index (χ0) is 21.8. The predicted octanol–water partition coefficient (Wildman–Crippen LogP) is 4.40. The monoisotopic (exact) mass is 429 g/mol. The van der Waals surface area contributed by atoms with Gasteiger partial charge in [0.1, 0.15) is 16.5 Å². The summed E-state index contributed by atoms with van der Waals surface area (Å²) in [4.78, 5) is 25.1. The van der Waals surface area contributed by atoms with Crippen LogP contribution in [0.1, 0.15) is 41.5 Å². The lowest BCUT2D eigenvalue weighted by atomic mass is 10.1. The lowest BCUT2D eigenvalue weighted by Gasteiger charge is -2.18. The number of hydrogen-bond donors (Lipinski definition) is 1. The van der Waals surface area contributed by atoms with Crippen LogP contribution in [0.4, 0.5) is 4.39 Å². The Hall–Kier alpha value is -3.19. The summed E-state index contributed by atoms with van der Waals surface area (Å²) in [5.74, 6) is -1.58. The Kier molecular flexibility index (Phi) is 6.52. The Morgan fingerprint density at radius 3 is 2.37 bits per heavy atom. The number of rotatable bonds is 6. The molecular weight excluding hydrogens is 409 g/mol. The molecule has 1 amide bonds. The molecule has 0 saturated carbocycles. The number of amides is 1. The molecule has 2 aromatic carbocycles. The summed E-state index contributed by atoms with van der Waals surface area (Å²) >= 11 is 6.37. The van der Waals surface area contributed by atoms with Crippen molar-refractivity contribution in [1.82, 2.24) is 15.1 Å². The van der Waals surface area contributed by atoms with Gasteiger partial charge in [-0.1, -0.05) is 41.9 Å². The van der Waals surface area contributed by atoms with Crippen molar-refractivity contribution in [3.05, 3.63) is 82.4 Å². The maximum absolute atomic E-state index is 13.1. The van der Waals surface area contributed by atoms with Gasteiger partial charge >= 0.3 is 5.97 Å². The van der Waals surface area contributed by atoms with Gasteiger partial charge in [-0.2, -0.15) is 5.10 Å². The van der Waals surface area contributed by atoms with Crippen molar-refractivity contribution < 1.29 is 18.7 Å². The first-order chi connectivity index (χ1) is 14.3. The molecule has 0 fully saturated rings. The van der Waals surface area contributed by atoms with Gasteiger partial charge in [0.25, 0.3) is 5.91 Å². The number of benzene rings is 2. The summed E-state index contributed by atoms with van der Waals surface area (Å²) in [5.41, 5.74) is 1.92. The molecule has 30 heavy (non-hydrogen) atoms. The highest BCUT2D eigenvalue weighted by atomic mass is 35.5. The molecule has 2 unspecified atom stereocenters. The molecule has 0 spiro atoms. The number of esters is 1. The zero-order valence-electron chi connectivity index (χ0n) is 16.7. The molecular formula is C22H21ClFN3O3. The van der Waals surface area contributed by atoms with Crippen molar-refractivity contribution in [3.8, 4) is 5.69 Å². The summed E-state index contributed by atoms with van der Waals surface area (Å²) in [7, 11) is 0. The fourth-order valence-electron chi connectivity index (χ4n) is 2.91. The molecule has 156 valence electrons. The Bertz CT molecular complexity index is 1050. The predicted molar refractivity (Wildman–Crippen MR) is 111 cm³/mol. The minimum atomic E-state index is -1.06. The van der Waals surface area contributed by atoms with Crippen LogP contribution in [0.25, 0.3) is 5.69 Å². The maximum Gasteiger partial charge on any atom is 0.344 e. The van der Waals surface area contributed by atoms with Crippen LogP contribution in [0.15, 0.2) is 54.6 Å². The number of ether oxygens (including phenoxy) is 1. The van der Waals surface area contributed by atoms with E-state index in [2.05, 4.69) is 10.4 Å². The van der Waals surface area contributed by atoms with Crippen LogP contribution in [0.5, 0.6) is 0 Å². The van der Waals surface area contributed by atoms with Gasteiger partial charge in [-0.05, 0) is 50.6 Å². The van der Waals surface area contributed by atoms with E-state index >= 15 is 0 Å². The highest BCUT2D eigenvalue weighted by Crippen LogP contribution is 2.24. The van der Waals surface area contributed by atoms with Crippen molar-refractivity contribution in [2.45, 2.75) is 32.9 Å². The molecule has 0 aliphatic heterocycles. The smallest absolute Gasteiger partial charge is 0.344 e. The Morgan fingerprint density at radius 2 is 1.73 bits per heavy atom. The number of carbonyl (C=O) groups is 2. The van der Waals surface area contributed by atoms with Crippen LogP contribution in [0.3, 0.4) is 0 Å². The molecule has 2 atom stereocenters. The van der Waals surface area contributed by atoms with Crippen molar-refractivity contribution in [3.63, 3.8) is 0 Å². The number of aromatic nitrogens is 2. The second-order valence-corrected chi connectivity index (χ2v) is 7.19. The molecule has 0 radical (unpaired) electrons. The molecule has 8 heteroatoms. The van der Waals surface area contributed by atoms with Crippen LogP contribution in [0, 0.1) is 12.7 Å². The van der Waals surface area contributed by atoms with Crippen molar-refractivity contribution >= 4 is 23.5 Å². The van der Waals surface area contributed by atoms with Crippen LogP contribution < -0.4 is 5.32 Å². The lowest BCUT2D eigenvalue weighted by Crippen LogP contribution is -2.37. The van der Waals surface area contributed by atoms with E-state index in [-0.39, 0.29) is 22.6 Å². The average molecular weight is 430 g/mol. The molecule has 1 aromatic heterocycles. The van der Waals surface area contributed by atoms with Crippen LogP contribution in [-0.4, -0.2) is 27.8 Å². The third-order valence-electron chi connectivity index (χ3n) is 4.59. The van der Waals surface area contributed by atoms with Gasteiger partial charge in [0, 0.05) is 0 Å². The molecule has 1 heterocycles. The fourth-order valence-corrected chi connectivity index (χ4v) is 3.26. The number of nitrogens with zero attached hydrogens (tertiary/aromatic N) is 2. The van der Waals surface area contributed by atoms with Gasteiger partial charge in [-0.25, -0.2) is 13.9 Å². The Balaban J connectivity index is 1.69. The van der Waals surface area contributed by atoms with Gasteiger partial charge in [0.2, 0.25) is 0 Å². The van der Waals surface area contributed by atoms with E-state index in [1.165, 1.54) is 23.7 Å². The number of para-hydroxylation sites is 1. The summed E-state index contributed by atoms with van der Waals surface area (Å²) in [6.45, 7) is 4.86. The van der Waals surface area contributed by atoms with Crippen LogP contribution in [0.2, 0.25) is 5.15 Å². The second kappa shape index (κ2) is 9.09. The maximum atomic E-state index is 13.1. The number of aryl methyl sites for hydroxylation is 1. The molecule has 1 N–H and O–H groups in total. The fraction of sp³-hybridized carbons (Fsp3) is 0.227. The minimum Gasteiger partial charge on any atom is -0.449 e. The first-order valence-corrected chi connectivity index (χ1v) is 9.73. The second-order valence-electron chi connectivity index (χ2n) is 6.83. The van der Waals surface area contributed by atoms with Gasteiger partial charge < -0.3 is 10.1 Å². The van der Waals surface area contributed by atoms with E-state index in [0.717, 1.165) is 5.56 Å². The number of nitrogens with one attached hydrogen (secondary N) is 1. The zero-order valence-corrected chi connectivity index (χ0v) is 17.5. The van der Waals surface area contributed by atoms with Crippen molar-refractivity contribution in [1.29, 1.82) is 0 Å². The summed E-state index contributed by atoms with van der Waals surface area (Å²) < 4.78 is 19.8. The molecule has 0 bridgehead atoms. The standard InChI is InChI=1S/C22H21ClFN3O3/c1-13(16-9-11-17(24)12-10-16)25-21(28)15(3)30-22(29)19-14(2)26-27(20(19)23)18-7-5-4-6-8-18/h4-13,15H,1-3H3,(H,25,28). The van der Waals surface area contributed by atoms with E-state index in [9.17, 15) is 14.0 Å². The molecule has 3 rings (SSSR count). The van der Waals surface area contributed by atoms with E-state index in [4.69, 9.17) is 16.3 Å². The lowest BCUT2D eigenvalue weighted by molar-refractivity contribution is -0.129. The topological polar surface area (TPSA) is 73.2 Å². The molecule has 3 aromatic rings. The van der Waals surface area contributed by atoms with E-state index in [1.807, 2.05) is 18.2 Å². The normalized spacial score (nSPS) is 12.8. The number of halogens is 2. The van der Waals surface area contributed by atoms with Gasteiger partial charge in [0.05, 0.1) is 17.4 Å². The molecule has 0 saturated heterocycles. The molecule has 0 aliphatic carbocycles. The van der Waals surface area contributed by atoms with E-state index in [0.29, 0.717) is 11.4 Å². The summed E-state index contributed by atoms with van der Waals surface area (Å²) in [6, 6.07) is 14.5. The summed E-state index contributed by atoms with van der Waals surface area (Å²) in [5, 5.41) is 7.15. The van der Waals surface area contributed by atoms with Gasteiger partial charge in [0.15, 0.2) is 6.10 Å². The molecule has 6 nitrogen and oxygen atoms in total. The number of hydrogen-bond acceptors (Lipinski definition) is 4. The number of carbonyl (C=O) groups excluding carboxylic acids is 2. The average Bonchev–Trinajstić information content (AvgIpc) is 3.03. The van der Waals surface area contributed by atoms with Crippen LogP contribution in [-0.2, 0) is 9.53 Å².